The highest BCUT2D eigenvalue weighted by Gasteiger charge is 2.43. The first-order chi connectivity index (χ1) is 8.22. The zero-order chi connectivity index (χ0) is 11.9. The lowest BCUT2D eigenvalue weighted by Crippen LogP contribution is -2.40. The minimum atomic E-state index is -1.51. The third kappa shape index (κ3) is 1.33. The van der Waals surface area contributed by atoms with Crippen LogP contribution in [0.1, 0.15) is 21.5 Å². The molecular formula is C12H9N3O2. The van der Waals surface area contributed by atoms with Crippen molar-refractivity contribution in [3.8, 4) is 0 Å². The van der Waals surface area contributed by atoms with E-state index in [1.807, 2.05) is 6.07 Å². The van der Waals surface area contributed by atoms with Gasteiger partial charge in [0.15, 0.2) is 5.72 Å². The number of carbonyl (C=O) groups excluding carboxylic acids is 1. The predicted octanol–water partition coefficient (Wildman–Crippen LogP) is 0.413. The summed E-state index contributed by atoms with van der Waals surface area (Å²) in [6.07, 6.45) is 2.76. The van der Waals surface area contributed by atoms with Gasteiger partial charge in [-0.15, -0.1) is 0 Å². The van der Waals surface area contributed by atoms with Crippen molar-refractivity contribution in [2.75, 3.05) is 0 Å². The van der Waals surface area contributed by atoms with Crippen molar-refractivity contribution in [3.63, 3.8) is 0 Å². The van der Waals surface area contributed by atoms with E-state index in [1.54, 1.807) is 24.3 Å². The van der Waals surface area contributed by atoms with Crippen molar-refractivity contribution < 1.29 is 9.90 Å². The quantitative estimate of drug-likeness (QED) is 0.740. The summed E-state index contributed by atoms with van der Waals surface area (Å²) >= 11 is 0. The number of carbonyl (C=O) groups is 1. The molecule has 0 saturated heterocycles. The van der Waals surface area contributed by atoms with E-state index in [-0.39, 0.29) is 5.91 Å². The molecule has 0 saturated carbocycles. The normalized spacial score (nSPS) is 22.1. The average molecular weight is 227 g/mol. The molecule has 5 nitrogen and oxygen atoms in total. The van der Waals surface area contributed by atoms with Crippen molar-refractivity contribution in [1.82, 2.24) is 15.5 Å². The molecule has 0 bridgehead atoms. The molecule has 0 radical (unpaired) electrons. The predicted molar refractivity (Wildman–Crippen MR) is 58.9 cm³/mol. The highest BCUT2D eigenvalue weighted by atomic mass is 16.3. The van der Waals surface area contributed by atoms with Crippen LogP contribution in [0.4, 0.5) is 0 Å². The number of aliphatic hydroxyl groups is 1. The number of hydrogen-bond acceptors (Lipinski definition) is 4. The van der Waals surface area contributed by atoms with Crippen LogP contribution in [-0.4, -0.2) is 21.2 Å². The van der Waals surface area contributed by atoms with Gasteiger partial charge < -0.3 is 10.4 Å². The third-order valence-electron chi connectivity index (χ3n) is 2.85. The molecule has 0 fully saturated rings. The van der Waals surface area contributed by atoms with E-state index >= 15 is 0 Å². The molecule has 1 atom stereocenters. The fourth-order valence-electron chi connectivity index (χ4n) is 2.00. The van der Waals surface area contributed by atoms with Gasteiger partial charge in [-0.25, -0.2) is 0 Å². The Morgan fingerprint density at radius 1 is 1.12 bits per heavy atom. The molecule has 2 aromatic rings. The van der Waals surface area contributed by atoms with E-state index < -0.39 is 5.72 Å². The highest BCUT2D eigenvalue weighted by molar-refractivity contribution is 5.99. The van der Waals surface area contributed by atoms with Gasteiger partial charge in [-0.3, -0.25) is 4.79 Å². The van der Waals surface area contributed by atoms with Gasteiger partial charge >= 0.3 is 0 Å². The van der Waals surface area contributed by atoms with E-state index in [2.05, 4.69) is 15.5 Å². The summed E-state index contributed by atoms with van der Waals surface area (Å²) in [7, 11) is 0. The Morgan fingerprint density at radius 2 is 1.82 bits per heavy atom. The number of nitrogens with one attached hydrogen (secondary N) is 1. The molecule has 2 N–H and O–H groups in total. The SMILES string of the molecule is O=C1N[C@@](O)(c2ccccc2)c2cnncc21. The number of aromatic nitrogens is 2. The number of nitrogens with zero attached hydrogens (tertiary/aromatic N) is 2. The van der Waals surface area contributed by atoms with Gasteiger partial charge in [0.25, 0.3) is 5.91 Å². The standard InChI is InChI=1S/C12H9N3O2/c16-11-9-6-13-14-7-10(9)12(17,15-11)8-4-2-1-3-5-8/h1-7,17H,(H,15,16)/t12-/m1/s1. The summed E-state index contributed by atoms with van der Waals surface area (Å²) in [5.74, 6) is -0.346. The second-order valence-electron chi connectivity index (χ2n) is 3.85. The summed E-state index contributed by atoms with van der Waals surface area (Å²) in [5.41, 5.74) is -0.126. The molecule has 1 aliphatic rings. The molecule has 1 aromatic carbocycles. The Morgan fingerprint density at radius 3 is 2.59 bits per heavy atom. The maximum atomic E-state index is 11.7. The van der Waals surface area contributed by atoms with Crippen LogP contribution in [0.5, 0.6) is 0 Å². The van der Waals surface area contributed by atoms with E-state index in [0.29, 0.717) is 16.7 Å². The minimum Gasteiger partial charge on any atom is -0.363 e. The summed E-state index contributed by atoms with van der Waals surface area (Å²) in [6, 6.07) is 8.93. The summed E-state index contributed by atoms with van der Waals surface area (Å²) in [6.45, 7) is 0. The van der Waals surface area contributed by atoms with Gasteiger partial charge in [-0.1, -0.05) is 30.3 Å². The maximum Gasteiger partial charge on any atom is 0.256 e. The first-order valence-electron chi connectivity index (χ1n) is 5.13. The second-order valence-corrected chi connectivity index (χ2v) is 3.85. The number of fused-ring (bicyclic) bond motifs is 1. The zero-order valence-electron chi connectivity index (χ0n) is 8.79. The molecule has 84 valence electrons. The first-order valence-corrected chi connectivity index (χ1v) is 5.13. The number of rotatable bonds is 1. The summed E-state index contributed by atoms with van der Waals surface area (Å²) in [4.78, 5) is 11.7. The molecule has 17 heavy (non-hydrogen) atoms. The van der Waals surface area contributed by atoms with Crippen molar-refractivity contribution in [3.05, 3.63) is 59.4 Å². The van der Waals surface area contributed by atoms with E-state index in [4.69, 9.17) is 0 Å². The van der Waals surface area contributed by atoms with E-state index in [1.165, 1.54) is 12.4 Å². The first kappa shape index (κ1) is 9.92. The van der Waals surface area contributed by atoms with Gasteiger partial charge in [0.2, 0.25) is 0 Å². The Balaban J connectivity index is 2.21. The third-order valence-corrected chi connectivity index (χ3v) is 2.85. The molecule has 2 heterocycles. The fourth-order valence-corrected chi connectivity index (χ4v) is 2.00. The molecular weight excluding hydrogens is 218 g/mol. The lowest BCUT2D eigenvalue weighted by Gasteiger charge is -2.23. The summed E-state index contributed by atoms with van der Waals surface area (Å²) in [5, 5.41) is 20.5. The molecule has 3 rings (SSSR count). The van der Waals surface area contributed by atoms with Gasteiger partial charge in [0.1, 0.15) is 0 Å². The van der Waals surface area contributed by atoms with Gasteiger partial charge in [-0.05, 0) is 0 Å². The average Bonchev–Trinajstić information content (AvgIpc) is 2.65. The van der Waals surface area contributed by atoms with Gasteiger partial charge in [0, 0.05) is 11.1 Å². The van der Waals surface area contributed by atoms with Crippen molar-refractivity contribution in [2.24, 2.45) is 0 Å². The smallest absolute Gasteiger partial charge is 0.256 e. The van der Waals surface area contributed by atoms with Crippen LogP contribution >= 0.6 is 0 Å². The van der Waals surface area contributed by atoms with E-state index in [0.717, 1.165) is 0 Å². The van der Waals surface area contributed by atoms with Crippen LogP contribution in [0.3, 0.4) is 0 Å². The molecule has 1 aliphatic heterocycles. The minimum absolute atomic E-state index is 0.346. The van der Waals surface area contributed by atoms with Crippen LogP contribution in [-0.2, 0) is 5.72 Å². The number of hydrogen-bond donors (Lipinski definition) is 2. The van der Waals surface area contributed by atoms with Crippen LogP contribution < -0.4 is 5.32 Å². The Labute approximate surface area is 97.1 Å². The molecule has 1 amide bonds. The molecule has 0 spiro atoms. The van der Waals surface area contributed by atoms with E-state index in [9.17, 15) is 9.90 Å². The van der Waals surface area contributed by atoms with Crippen molar-refractivity contribution >= 4 is 5.91 Å². The Bertz CT molecular complexity index is 585. The topological polar surface area (TPSA) is 75.1 Å². The van der Waals surface area contributed by atoms with Crippen LogP contribution in [0.25, 0.3) is 0 Å². The fraction of sp³-hybridized carbons (Fsp3) is 0.0833. The Hall–Kier alpha value is -2.27. The largest absolute Gasteiger partial charge is 0.363 e. The second kappa shape index (κ2) is 3.36. The van der Waals surface area contributed by atoms with Crippen LogP contribution in [0.2, 0.25) is 0 Å². The lowest BCUT2D eigenvalue weighted by molar-refractivity contribution is 0.0474. The maximum absolute atomic E-state index is 11.7. The van der Waals surface area contributed by atoms with Crippen LogP contribution in [0, 0.1) is 0 Å². The van der Waals surface area contributed by atoms with Crippen LogP contribution in [0.15, 0.2) is 42.7 Å². The zero-order valence-corrected chi connectivity index (χ0v) is 8.79. The molecule has 0 unspecified atom stereocenters. The van der Waals surface area contributed by atoms with Crippen molar-refractivity contribution in [2.45, 2.75) is 5.72 Å². The van der Waals surface area contributed by atoms with Gasteiger partial charge in [0.05, 0.1) is 18.0 Å². The van der Waals surface area contributed by atoms with Crippen molar-refractivity contribution in [1.29, 1.82) is 0 Å². The molecule has 0 aliphatic carbocycles. The highest BCUT2D eigenvalue weighted by Crippen LogP contribution is 2.33. The number of benzene rings is 1. The monoisotopic (exact) mass is 227 g/mol. The molecule has 1 aromatic heterocycles. The van der Waals surface area contributed by atoms with Gasteiger partial charge in [-0.2, -0.15) is 10.2 Å². The molecule has 5 heteroatoms. The summed E-state index contributed by atoms with van der Waals surface area (Å²) < 4.78 is 0. The Kier molecular flexibility index (Phi) is 1.96. The lowest BCUT2D eigenvalue weighted by atomic mass is 9.97. The number of amides is 1.